The zero-order valence-corrected chi connectivity index (χ0v) is 10.6. The Morgan fingerprint density at radius 3 is 3.06 bits per heavy atom. The lowest BCUT2D eigenvalue weighted by Crippen LogP contribution is -2.26. The molecule has 98 valence electrons. The van der Waals surface area contributed by atoms with E-state index in [1.807, 2.05) is 0 Å². The van der Waals surface area contributed by atoms with E-state index >= 15 is 0 Å². The van der Waals surface area contributed by atoms with Crippen LogP contribution in [-0.2, 0) is 4.74 Å². The highest BCUT2D eigenvalue weighted by Gasteiger charge is 2.15. The number of anilines is 1. The molecule has 1 saturated heterocycles. The summed E-state index contributed by atoms with van der Waals surface area (Å²) in [5, 5.41) is 5.83. The zero-order valence-electron chi connectivity index (χ0n) is 10.6. The van der Waals surface area contributed by atoms with Crippen molar-refractivity contribution in [2.45, 2.75) is 12.8 Å². The first kappa shape index (κ1) is 12.8. The molecule has 0 bridgehead atoms. The maximum absolute atomic E-state index is 11.8. The molecule has 1 aliphatic rings. The SMILES string of the molecule is CNc1ccc(C(=O)NCCC2CCOC2)cn1. The van der Waals surface area contributed by atoms with Crippen molar-refractivity contribution in [2.75, 3.05) is 32.1 Å². The number of nitrogens with zero attached hydrogens (tertiary/aromatic N) is 1. The first-order chi connectivity index (χ1) is 8.79. The summed E-state index contributed by atoms with van der Waals surface area (Å²) in [6.07, 6.45) is 3.67. The van der Waals surface area contributed by atoms with Crippen LogP contribution in [0.3, 0.4) is 0 Å². The van der Waals surface area contributed by atoms with Crippen LogP contribution in [0.5, 0.6) is 0 Å². The van der Waals surface area contributed by atoms with Crippen molar-refractivity contribution < 1.29 is 9.53 Å². The molecule has 5 heteroatoms. The number of ether oxygens (including phenoxy) is 1. The van der Waals surface area contributed by atoms with Gasteiger partial charge in [0.25, 0.3) is 5.91 Å². The van der Waals surface area contributed by atoms with Crippen molar-refractivity contribution >= 4 is 11.7 Å². The minimum absolute atomic E-state index is 0.0657. The Balaban J connectivity index is 1.76. The van der Waals surface area contributed by atoms with Crippen molar-refractivity contribution in [2.24, 2.45) is 5.92 Å². The second-order valence-corrected chi connectivity index (χ2v) is 4.46. The molecule has 1 fully saturated rings. The van der Waals surface area contributed by atoms with E-state index < -0.39 is 0 Å². The molecule has 0 aromatic carbocycles. The van der Waals surface area contributed by atoms with E-state index in [1.54, 1.807) is 25.4 Å². The summed E-state index contributed by atoms with van der Waals surface area (Å²) in [4.78, 5) is 15.9. The van der Waals surface area contributed by atoms with Gasteiger partial charge < -0.3 is 15.4 Å². The van der Waals surface area contributed by atoms with Crippen LogP contribution in [0.15, 0.2) is 18.3 Å². The third-order valence-electron chi connectivity index (χ3n) is 3.14. The number of pyridine rings is 1. The largest absolute Gasteiger partial charge is 0.381 e. The Bertz CT molecular complexity index is 386. The third kappa shape index (κ3) is 3.43. The molecule has 1 unspecified atom stereocenters. The van der Waals surface area contributed by atoms with Crippen LogP contribution in [0.4, 0.5) is 5.82 Å². The lowest BCUT2D eigenvalue weighted by atomic mass is 10.1. The molecule has 1 atom stereocenters. The number of hydrogen-bond acceptors (Lipinski definition) is 4. The standard InChI is InChI=1S/C13H19N3O2/c1-14-12-3-2-11(8-16-12)13(17)15-6-4-10-5-7-18-9-10/h2-3,8,10H,4-7,9H2,1H3,(H,14,16)(H,15,17). The highest BCUT2D eigenvalue weighted by molar-refractivity contribution is 5.93. The molecule has 1 amide bonds. The van der Waals surface area contributed by atoms with Crippen LogP contribution < -0.4 is 10.6 Å². The Kier molecular flexibility index (Phi) is 4.52. The molecular formula is C13H19N3O2. The number of rotatable bonds is 5. The number of carbonyl (C=O) groups is 1. The van der Waals surface area contributed by atoms with E-state index in [1.165, 1.54) is 0 Å². The lowest BCUT2D eigenvalue weighted by molar-refractivity contribution is 0.0950. The summed E-state index contributed by atoms with van der Waals surface area (Å²) in [6, 6.07) is 3.56. The third-order valence-corrected chi connectivity index (χ3v) is 3.14. The monoisotopic (exact) mass is 249 g/mol. The van der Waals surface area contributed by atoms with Gasteiger partial charge in [0.15, 0.2) is 0 Å². The second-order valence-electron chi connectivity index (χ2n) is 4.46. The van der Waals surface area contributed by atoms with E-state index in [0.29, 0.717) is 18.0 Å². The average molecular weight is 249 g/mol. The predicted molar refractivity (Wildman–Crippen MR) is 69.7 cm³/mol. The fourth-order valence-electron chi connectivity index (χ4n) is 1.98. The summed E-state index contributed by atoms with van der Waals surface area (Å²) >= 11 is 0. The van der Waals surface area contributed by atoms with Gasteiger partial charge in [-0.3, -0.25) is 4.79 Å². The summed E-state index contributed by atoms with van der Waals surface area (Å²) in [7, 11) is 1.80. The van der Waals surface area contributed by atoms with Gasteiger partial charge in [-0.15, -0.1) is 0 Å². The lowest BCUT2D eigenvalue weighted by Gasteiger charge is -2.09. The molecule has 1 aromatic rings. The molecule has 0 radical (unpaired) electrons. The van der Waals surface area contributed by atoms with E-state index in [9.17, 15) is 4.79 Å². The maximum atomic E-state index is 11.8. The van der Waals surface area contributed by atoms with Gasteiger partial charge in [0.1, 0.15) is 5.82 Å². The van der Waals surface area contributed by atoms with Gasteiger partial charge in [0, 0.05) is 33.0 Å². The zero-order chi connectivity index (χ0) is 12.8. The molecule has 0 spiro atoms. The summed E-state index contributed by atoms with van der Waals surface area (Å²) in [5.41, 5.74) is 0.594. The average Bonchev–Trinajstić information content (AvgIpc) is 2.92. The Labute approximate surface area is 107 Å². The quantitative estimate of drug-likeness (QED) is 0.825. The van der Waals surface area contributed by atoms with Gasteiger partial charge in [0.05, 0.1) is 5.56 Å². The highest BCUT2D eigenvalue weighted by atomic mass is 16.5. The molecule has 0 aliphatic carbocycles. The minimum Gasteiger partial charge on any atom is -0.381 e. The molecular weight excluding hydrogens is 230 g/mol. The Morgan fingerprint density at radius 2 is 2.44 bits per heavy atom. The van der Waals surface area contributed by atoms with E-state index in [-0.39, 0.29) is 5.91 Å². The summed E-state index contributed by atoms with van der Waals surface area (Å²) in [5.74, 6) is 1.29. The van der Waals surface area contributed by atoms with Crippen LogP contribution >= 0.6 is 0 Å². The van der Waals surface area contributed by atoms with Gasteiger partial charge >= 0.3 is 0 Å². The van der Waals surface area contributed by atoms with E-state index in [2.05, 4.69) is 15.6 Å². The summed E-state index contributed by atoms with van der Waals surface area (Å²) < 4.78 is 5.30. The van der Waals surface area contributed by atoms with Crippen LogP contribution in [0.1, 0.15) is 23.2 Å². The topological polar surface area (TPSA) is 63.2 Å². The first-order valence-corrected chi connectivity index (χ1v) is 6.29. The van der Waals surface area contributed by atoms with Crippen LogP contribution in [0.25, 0.3) is 0 Å². The highest BCUT2D eigenvalue weighted by Crippen LogP contribution is 2.15. The van der Waals surface area contributed by atoms with Crippen molar-refractivity contribution in [3.8, 4) is 0 Å². The van der Waals surface area contributed by atoms with Crippen molar-refractivity contribution in [3.05, 3.63) is 23.9 Å². The fraction of sp³-hybridized carbons (Fsp3) is 0.538. The van der Waals surface area contributed by atoms with E-state index in [0.717, 1.165) is 31.9 Å². The van der Waals surface area contributed by atoms with Gasteiger partial charge in [-0.2, -0.15) is 0 Å². The predicted octanol–water partition coefficient (Wildman–Crippen LogP) is 1.28. The smallest absolute Gasteiger partial charge is 0.252 e. The van der Waals surface area contributed by atoms with Crippen LogP contribution in [-0.4, -0.2) is 37.7 Å². The molecule has 2 N–H and O–H groups in total. The summed E-state index contributed by atoms with van der Waals surface area (Å²) in [6.45, 7) is 2.38. The molecule has 2 rings (SSSR count). The second kappa shape index (κ2) is 6.35. The number of hydrogen-bond donors (Lipinski definition) is 2. The molecule has 18 heavy (non-hydrogen) atoms. The molecule has 1 aromatic heterocycles. The molecule has 2 heterocycles. The number of amides is 1. The number of carbonyl (C=O) groups excluding carboxylic acids is 1. The number of aromatic nitrogens is 1. The number of nitrogens with one attached hydrogen (secondary N) is 2. The van der Waals surface area contributed by atoms with Crippen LogP contribution in [0.2, 0.25) is 0 Å². The van der Waals surface area contributed by atoms with E-state index in [4.69, 9.17) is 4.74 Å². The Hall–Kier alpha value is -1.62. The van der Waals surface area contributed by atoms with Crippen molar-refractivity contribution in [1.82, 2.24) is 10.3 Å². The molecule has 5 nitrogen and oxygen atoms in total. The molecule has 0 saturated carbocycles. The molecule has 1 aliphatic heterocycles. The van der Waals surface area contributed by atoms with Gasteiger partial charge in [-0.1, -0.05) is 0 Å². The minimum atomic E-state index is -0.0657. The van der Waals surface area contributed by atoms with Gasteiger partial charge in [0.2, 0.25) is 0 Å². The van der Waals surface area contributed by atoms with Gasteiger partial charge in [-0.05, 0) is 30.9 Å². The first-order valence-electron chi connectivity index (χ1n) is 6.29. The van der Waals surface area contributed by atoms with Gasteiger partial charge in [-0.25, -0.2) is 4.98 Å². The van der Waals surface area contributed by atoms with Crippen LogP contribution in [0, 0.1) is 5.92 Å². The normalized spacial score (nSPS) is 18.6. The van der Waals surface area contributed by atoms with Crippen molar-refractivity contribution in [1.29, 1.82) is 0 Å². The fourth-order valence-corrected chi connectivity index (χ4v) is 1.98. The maximum Gasteiger partial charge on any atom is 0.252 e. The Morgan fingerprint density at radius 1 is 1.56 bits per heavy atom. The van der Waals surface area contributed by atoms with Crippen molar-refractivity contribution in [3.63, 3.8) is 0 Å².